The Kier molecular flexibility index (Phi) is 12.3. The summed E-state index contributed by atoms with van der Waals surface area (Å²) in [6, 6.07) is 0. The SMILES string of the molecule is CCCCC(CC)COC(=O)C(=O)CC(CC)CCCC. The maximum absolute atomic E-state index is 11.9. The van der Waals surface area contributed by atoms with Crippen LogP contribution in [0.15, 0.2) is 0 Å². The molecule has 2 unspecified atom stereocenters. The van der Waals surface area contributed by atoms with Crippen molar-refractivity contribution in [3.05, 3.63) is 0 Å². The molecule has 0 aromatic carbocycles. The van der Waals surface area contributed by atoms with Gasteiger partial charge in [-0.25, -0.2) is 4.79 Å². The highest BCUT2D eigenvalue weighted by Gasteiger charge is 2.21. The lowest BCUT2D eigenvalue weighted by Gasteiger charge is -2.16. The average molecular weight is 298 g/mol. The quantitative estimate of drug-likeness (QED) is 0.358. The summed E-state index contributed by atoms with van der Waals surface area (Å²) in [5.41, 5.74) is 0. The zero-order valence-corrected chi connectivity index (χ0v) is 14.5. The van der Waals surface area contributed by atoms with Gasteiger partial charge in [0.05, 0.1) is 6.61 Å². The molecular weight excluding hydrogens is 264 g/mol. The van der Waals surface area contributed by atoms with E-state index in [4.69, 9.17) is 4.74 Å². The second-order valence-electron chi connectivity index (χ2n) is 6.06. The summed E-state index contributed by atoms with van der Waals surface area (Å²) in [5.74, 6) is -0.251. The molecule has 0 saturated carbocycles. The third-order valence-electron chi connectivity index (χ3n) is 4.24. The molecule has 3 heteroatoms. The van der Waals surface area contributed by atoms with E-state index >= 15 is 0 Å². The van der Waals surface area contributed by atoms with Gasteiger partial charge in [0.1, 0.15) is 0 Å². The van der Waals surface area contributed by atoms with Crippen molar-refractivity contribution in [1.82, 2.24) is 0 Å². The van der Waals surface area contributed by atoms with Crippen molar-refractivity contribution in [3.63, 3.8) is 0 Å². The van der Waals surface area contributed by atoms with Gasteiger partial charge in [-0.1, -0.05) is 72.6 Å². The Morgan fingerprint density at radius 1 is 0.857 bits per heavy atom. The molecule has 0 aliphatic carbocycles. The lowest BCUT2D eigenvalue weighted by molar-refractivity contribution is -0.155. The standard InChI is InChI=1S/C18H34O3/c1-5-9-11-15(7-3)13-17(19)18(20)21-14-16(8-4)12-10-6-2/h15-16H,5-14H2,1-4H3. The lowest BCUT2D eigenvalue weighted by atomic mass is 9.94. The van der Waals surface area contributed by atoms with Crippen LogP contribution in [0.3, 0.4) is 0 Å². The van der Waals surface area contributed by atoms with Crippen LogP contribution in [0.2, 0.25) is 0 Å². The third-order valence-corrected chi connectivity index (χ3v) is 4.24. The molecule has 0 aromatic rings. The number of unbranched alkanes of at least 4 members (excludes halogenated alkanes) is 2. The number of hydrogen-bond donors (Lipinski definition) is 0. The van der Waals surface area contributed by atoms with E-state index in [0.717, 1.165) is 51.4 Å². The predicted octanol–water partition coefficient (Wildman–Crippen LogP) is 4.92. The van der Waals surface area contributed by atoms with E-state index in [-0.39, 0.29) is 5.78 Å². The maximum atomic E-state index is 11.9. The third kappa shape index (κ3) is 9.65. The van der Waals surface area contributed by atoms with E-state index in [1.807, 2.05) is 0 Å². The van der Waals surface area contributed by atoms with E-state index in [1.54, 1.807) is 0 Å². The summed E-state index contributed by atoms with van der Waals surface area (Å²) in [6.07, 6.45) is 8.95. The van der Waals surface area contributed by atoms with Gasteiger partial charge in [0.25, 0.3) is 0 Å². The number of esters is 1. The van der Waals surface area contributed by atoms with Gasteiger partial charge in [-0.15, -0.1) is 0 Å². The Labute approximate surface area is 130 Å². The van der Waals surface area contributed by atoms with Crippen molar-refractivity contribution in [2.24, 2.45) is 11.8 Å². The van der Waals surface area contributed by atoms with E-state index in [1.165, 1.54) is 0 Å². The normalized spacial score (nSPS) is 13.7. The number of rotatable bonds is 13. The lowest BCUT2D eigenvalue weighted by Crippen LogP contribution is -2.23. The summed E-state index contributed by atoms with van der Waals surface area (Å²) >= 11 is 0. The summed E-state index contributed by atoms with van der Waals surface area (Å²) in [5, 5.41) is 0. The van der Waals surface area contributed by atoms with Gasteiger partial charge in [-0.3, -0.25) is 4.79 Å². The molecule has 0 fully saturated rings. The van der Waals surface area contributed by atoms with Crippen LogP contribution in [0, 0.1) is 11.8 Å². The van der Waals surface area contributed by atoms with Crippen LogP contribution in [-0.4, -0.2) is 18.4 Å². The van der Waals surface area contributed by atoms with Crippen LogP contribution < -0.4 is 0 Å². The Balaban J connectivity index is 4.10. The first-order valence-electron chi connectivity index (χ1n) is 8.78. The highest BCUT2D eigenvalue weighted by atomic mass is 16.5. The molecule has 124 valence electrons. The molecule has 2 atom stereocenters. The number of ether oxygens (including phenoxy) is 1. The fraction of sp³-hybridized carbons (Fsp3) is 0.889. The van der Waals surface area contributed by atoms with Crippen molar-refractivity contribution in [2.75, 3.05) is 6.61 Å². The molecule has 0 N–H and O–H groups in total. The first-order valence-corrected chi connectivity index (χ1v) is 8.78. The van der Waals surface area contributed by atoms with Gasteiger partial charge < -0.3 is 4.74 Å². The average Bonchev–Trinajstić information content (AvgIpc) is 2.50. The van der Waals surface area contributed by atoms with Gasteiger partial charge >= 0.3 is 5.97 Å². The van der Waals surface area contributed by atoms with Gasteiger partial charge in [-0.05, 0) is 18.3 Å². The van der Waals surface area contributed by atoms with Crippen molar-refractivity contribution in [2.45, 2.75) is 85.5 Å². The molecule has 3 nitrogen and oxygen atoms in total. The van der Waals surface area contributed by atoms with Gasteiger partial charge in [0.15, 0.2) is 0 Å². The molecule has 0 radical (unpaired) electrons. The molecule has 0 bridgehead atoms. The fourth-order valence-corrected chi connectivity index (χ4v) is 2.46. The minimum atomic E-state index is -0.625. The van der Waals surface area contributed by atoms with E-state index in [2.05, 4.69) is 27.7 Å². The number of hydrogen-bond acceptors (Lipinski definition) is 3. The molecular formula is C18H34O3. The Morgan fingerprint density at radius 2 is 1.38 bits per heavy atom. The number of ketones is 1. The summed E-state index contributed by atoms with van der Waals surface area (Å²) in [4.78, 5) is 23.7. The van der Waals surface area contributed by atoms with Crippen LogP contribution in [0.5, 0.6) is 0 Å². The first kappa shape index (κ1) is 20.1. The minimum Gasteiger partial charge on any atom is -0.460 e. The monoisotopic (exact) mass is 298 g/mol. The largest absolute Gasteiger partial charge is 0.460 e. The molecule has 0 aromatic heterocycles. The maximum Gasteiger partial charge on any atom is 0.374 e. The topological polar surface area (TPSA) is 43.4 Å². The van der Waals surface area contributed by atoms with Gasteiger partial charge in [0, 0.05) is 6.42 Å². The van der Waals surface area contributed by atoms with Crippen molar-refractivity contribution < 1.29 is 14.3 Å². The minimum absolute atomic E-state index is 0.326. The van der Waals surface area contributed by atoms with Crippen molar-refractivity contribution >= 4 is 11.8 Å². The molecule has 0 spiro atoms. The zero-order chi connectivity index (χ0) is 16.1. The van der Waals surface area contributed by atoms with E-state index < -0.39 is 5.97 Å². The zero-order valence-electron chi connectivity index (χ0n) is 14.5. The second kappa shape index (κ2) is 12.8. The Morgan fingerprint density at radius 3 is 1.86 bits per heavy atom. The van der Waals surface area contributed by atoms with Crippen LogP contribution in [-0.2, 0) is 14.3 Å². The molecule has 0 rings (SSSR count). The Hall–Kier alpha value is -0.860. The number of carbonyl (C=O) groups is 2. The van der Waals surface area contributed by atoms with Crippen LogP contribution >= 0.6 is 0 Å². The fourth-order valence-electron chi connectivity index (χ4n) is 2.46. The molecule has 21 heavy (non-hydrogen) atoms. The smallest absolute Gasteiger partial charge is 0.374 e. The first-order chi connectivity index (χ1) is 10.1. The van der Waals surface area contributed by atoms with Crippen LogP contribution in [0.25, 0.3) is 0 Å². The summed E-state index contributed by atoms with van der Waals surface area (Å²) in [6.45, 7) is 8.88. The van der Waals surface area contributed by atoms with Crippen molar-refractivity contribution in [1.29, 1.82) is 0 Å². The molecule has 0 amide bonds. The van der Waals surface area contributed by atoms with Gasteiger partial charge in [0.2, 0.25) is 5.78 Å². The van der Waals surface area contributed by atoms with E-state index in [0.29, 0.717) is 24.9 Å². The Bertz CT molecular complexity index is 286. The van der Waals surface area contributed by atoms with Crippen LogP contribution in [0.4, 0.5) is 0 Å². The van der Waals surface area contributed by atoms with Gasteiger partial charge in [-0.2, -0.15) is 0 Å². The number of Topliss-reactive ketones (excluding diaryl/α,β-unsaturated/α-hetero) is 1. The predicted molar refractivity (Wildman–Crippen MR) is 87.2 cm³/mol. The molecule has 0 aliphatic heterocycles. The highest BCUT2D eigenvalue weighted by Crippen LogP contribution is 2.18. The summed E-state index contributed by atoms with van der Waals surface area (Å²) in [7, 11) is 0. The summed E-state index contributed by atoms with van der Waals surface area (Å²) < 4.78 is 5.22. The molecule has 0 heterocycles. The van der Waals surface area contributed by atoms with E-state index in [9.17, 15) is 9.59 Å². The second-order valence-corrected chi connectivity index (χ2v) is 6.06. The molecule has 0 aliphatic rings. The molecule has 0 saturated heterocycles. The van der Waals surface area contributed by atoms with Crippen LogP contribution in [0.1, 0.15) is 85.5 Å². The number of carbonyl (C=O) groups excluding carboxylic acids is 2. The highest BCUT2D eigenvalue weighted by molar-refractivity contribution is 6.33. The van der Waals surface area contributed by atoms with Crippen molar-refractivity contribution in [3.8, 4) is 0 Å².